The largest absolute Gasteiger partial charge is 0.493 e. The van der Waals surface area contributed by atoms with Crippen molar-refractivity contribution >= 4 is 27.5 Å². The van der Waals surface area contributed by atoms with Gasteiger partial charge >= 0.3 is 5.97 Å². The molecule has 146 valence electrons. The lowest BCUT2D eigenvalue weighted by Gasteiger charge is -2.09. The maximum absolute atomic E-state index is 12.5. The number of carbonyl (C=O) groups excluding carboxylic acids is 1. The van der Waals surface area contributed by atoms with Crippen molar-refractivity contribution in [1.82, 2.24) is 9.97 Å². The van der Waals surface area contributed by atoms with Crippen LogP contribution < -0.4 is 10.3 Å². The predicted octanol–water partition coefficient (Wildman–Crippen LogP) is 3.68. The summed E-state index contributed by atoms with van der Waals surface area (Å²) in [5.41, 5.74) is 2.16. The monoisotopic (exact) mass is 398 g/mol. The van der Waals surface area contributed by atoms with E-state index in [0.717, 1.165) is 47.4 Å². The number of hydrogen-bond donors (Lipinski definition) is 1. The third-order valence-electron chi connectivity index (χ3n) is 4.84. The predicted molar refractivity (Wildman–Crippen MR) is 108 cm³/mol. The number of esters is 1. The van der Waals surface area contributed by atoms with Gasteiger partial charge in [0.15, 0.2) is 0 Å². The Kier molecular flexibility index (Phi) is 5.43. The Morgan fingerprint density at radius 1 is 1.21 bits per heavy atom. The van der Waals surface area contributed by atoms with Gasteiger partial charge in [0.2, 0.25) is 0 Å². The fraction of sp³-hybridized carbons (Fsp3) is 0.381. The van der Waals surface area contributed by atoms with E-state index in [1.54, 1.807) is 11.3 Å². The topological polar surface area (TPSA) is 81.3 Å². The van der Waals surface area contributed by atoms with Gasteiger partial charge in [-0.2, -0.15) is 0 Å². The van der Waals surface area contributed by atoms with E-state index in [0.29, 0.717) is 11.2 Å². The van der Waals surface area contributed by atoms with Crippen LogP contribution >= 0.6 is 11.3 Å². The molecular weight excluding hydrogens is 376 g/mol. The second-order valence-electron chi connectivity index (χ2n) is 6.98. The Hall–Kier alpha value is -2.67. The van der Waals surface area contributed by atoms with Gasteiger partial charge in [-0.3, -0.25) is 9.59 Å². The number of H-pyrrole nitrogens is 1. The molecule has 0 bridgehead atoms. The molecule has 0 atom stereocenters. The third kappa shape index (κ3) is 4.09. The van der Waals surface area contributed by atoms with Crippen molar-refractivity contribution in [3.63, 3.8) is 0 Å². The van der Waals surface area contributed by atoms with Gasteiger partial charge in [-0.15, -0.1) is 11.3 Å². The van der Waals surface area contributed by atoms with E-state index in [4.69, 9.17) is 9.47 Å². The van der Waals surface area contributed by atoms with E-state index in [1.807, 2.05) is 31.2 Å². The first-order valence-electron chi connectivity index (χ1n) is 9.48. The average molecular weight is 398 g/mol. The van der Waals surface area contributed by atoms with Crippen LogP contribution in [0.15, 0.2) is 29.1 Å². The number of nitrogens with one attached hydrogen (secondary N) is 1. The smallest absolute Gasteiger partial charge is 0.309 e. The first-order valence-corrected chi connectivity index (χ1v) is 10.3. The molecule has 2 heterocycles. The second kappa shape index (κ2) is 8.14. The van der Waals surface area contributed by atoms with Crippen molar-refractivity contribution in [2.45, 2.75) is 45.6 Å². The van der Waals surface area contributed by atoms with Crippen LogP contribution in [0.2, 0.25) is 0 Å². The zero-order valence-corrected chi connectivity index (χ0v) is 16.6. The van der Waals surface area contributed by atoms with E-state index in [2.05, 4.69) is 9.97 Å². The standard InChI is InChI=1S/C21H22N2O4S/c1-13-6-8-14(9-7-13)26-11-10-18(24)27-12-17-22-20(25)19-15-4-2-3-5-16(15)28-21(19)23-17/h6-9H,2-5,10-12H2,1H3,(H,22,23,25). The summed E-state index contributed by atoms with van der Waals surface area (Å²) >= 11 is 1.58. The molecule has 4 rings (SSSR count). The van der Waals surface area contributed by atoms with Gasteiger partial charge < -0.3 is 14.5 Å². The van der Waals surface area contributed by atoms with Crippen LogP contribution in [0.25, 0.3) is 10.2 Å². The number of aryl methyl sites for hydroxylation is 3. The Morgan fingerprint density at radius 2 is 2.00 bits per heavy atom. The molecule has 0 aliphatic heterocycles. The molecule has 3 aromatic rings. The van der Waals surface area contributed by atoms with Gasteiger partial charge in [-0.05, 0) is 50.3 Å². The molecule has 0 spiro atoms. The van der Waals surface area contributed by atoms with E-state index >= 15 is 0 Å². The molecule has 0 radical (unpaired) electrons. The molecule has 28 heavy (non-hydrogen) atoms. The number of thiophene rings is 1. The van der Waals surface area contributed by atoms with Gasteiger partial charge in [-0.1, -0.05) is 17.7 Å². The molecule has 1 aromatic carbocycles. The summed E-state index contributed by atoms with van der Waals surface area (Å²) in [5.74, 6) is 0.709. The lowest BCUT2D eigenvalue weighted by molar-refractivity contribution is -0.145. The number of aromatic nitrogens is 2. The van der Waals surface area contributed by atoms with Crippen LogP contribution in [0.3, 0.4) is 0 Å². The van der Waals surface area contributed by atoms with Crippen LogP contribution in [-0.2, 0) is 29.0 Å². The van der Waals surface area contributed by atoms with Gasteiger partial charge in [0.1, 0.15) is 23.0 Å². The molecule has 0 unspecified atom stereocenters. The zero-order chi connectivity index (χ0) is 19.5. The Morgan fingerprint density at radius 3 is 2.82 bits per heavy atom. The van der Waals surface area contributed by atoms with E-state index in [-0.39, 0.29) is 31.2 Å². The fourth-order valence-electron chi connectivity index (χ4n) is 3.38. The lowest BCUT2D eigenvalue weighted by atomic mass is 9.97. The molecule has 2 aromatic heterocycles. The van der Waals surface area contributed by atoms with Crippen LogP contribution in [0.4, 0.5) is 0 Å². The minimum Gasteiger partial charge on any atom is -0.493 e. The average Bonchev–Trinajstić information content (AvgIpc) is 3.07. The third-order valence-corrected chi connectivity index (χ3v) is 6.03. The molecule has 7 heteroatoms. The summed E-state index contributed by atoms with van der Waals surface area (Å²) in [7, 11) is 0. The normalized spacial score (nSPS) is 13.3. The molecule has 6 nitrogen and oxygen atoms in total. The van der Waals surface area contributed by atoms with Crippen LogP contribution in [0, 0.1) is 6.92 Å². The molecule has 1 aliphatic carbocycles. The van der Waals surface area contributed by atoms with Crippen LogP contribution in [-0.4, -0.2) is 22.5 Å². The molecule has 0 fully saturated rings. The first-order chi connectivity index (χ1) is 13.6. The number of benzene rings is 1. The number of nitrogens with zero attached hydrogens (tertiary/aromatic N) is 1. The van der Waals surface area contributed by atoms with E-state index in [1.165, 1.54) is 4.88 Å². The van der Waals surface area contributed by atoms with Crippen molar-refractivity contribution in [2.24, 2.45) is 0 Å². The Bertz CT molecular complexity index is 1050. The number of fused-ring (bicyclic) bond motifs is 3. The maximum Gasteiger partial charge on any atom is 0.309 e. The fourth-order valence-corrected chi connectivity index (χ4v) is 4.67. The SMILES string of the molecule is Cc1ccc(OCCC(=O)OCc2nc3sc4c(c3c(=O)[nH]2)CCCC4)cc1. The summed E-state index contributed by atoms with van der Waals surface area (Å²) < 4.78 is 10.8. The molecule has 0 saturated carbocycles. The van der Waals surface area contributed by atoms with Crippen molar-refractivity contribution in [3.8, 4) is 5.75 Å². The number of ether oxygens (including phenoxy) is 2. The van der Waals surface area contributed by atoms with Crippen molar-refractivity contribution in [2.75, 3.05) is 6.61 Å². The first kappa shape index (κ1) is 18.7. The quantitative estimate of drug-likeness (QED) is 0.641. The van der Waals surface area contributed by atoms with Gasteiger partial charge in [-0.25, -0.2) is 4.98 Å². The highest BCUT2D eigenvalue weighted by atomic mass is 32.1. The minimum atomic E-state index is -0.389. The van der Waals surface area contributed by atoms with Crippen molar-refractivity contribution in [1.29, 1.82) is 0 Å². The van der Waals surface area contributed by atoms with Crippen LogP contribution in [0.5, 0.6) is 5.75 Å². The zero-order valence-electron chi connectivity index (χ0n) is 15.7. The number of hydrogen-bond acceptors (Lipinski definition) is 6. The van der Waals surface area contributed by atoms with Gasteiger partial charge in [0.25, 0.3) is 5.56 Å². The van der Waals surface area contributed by atoms with E-state index in [9.17, 15) is 9.59 Å². The lowest BCUT2D eigenvalue weighted by Crippen LogP contribution is -2.16. The molecule has 1 N–H and O–H groups in total. The highest BCUT2D eigenvalue weighted by Gasteiger charge is 2.20. The maximum atomic E-state index is 12.5. The summed E-state index contributed by atoms with van der Waals surface area (Å²) in [6.45, 7) is 2.20. The van der Waals surface area contributed by atoms with Crippen molar-refractivity contribution in [3.05, 3.63) is 56.4 Å². The van der Waals surface area contributed by atoms with Crippen LogP contribution in [0.1, 0.15) is 41.1 Å². The minimum absolute atomic E-state index is 0.0445. The second-order valence-corrected chi connectivity index (χ2v) is 8.06. The number of aromatic amines is 1. The summed E-state index contributed by atoms with van der Waals surface area (Å²) in [4.78, 5) is 33.7. The molecule has 0 amide bonds. The summed E-state index contributed by atoms with van der Waals surface area (Å²) in [6.07, 6.45) is 4.36. The molecule has 1 aliphatic rings. The molecule has 0 saturated heterocycles. The van der Waals surface area contributed by atoms with Gasteiger partial charge in [0.05, 0.1) is 18.4 Å². The summed E-state index contributed by atoms with van der Waals surface area (Å²) in [6, 6.07) is 7.64. The van der Waals surface area contributed by atoms with E-state index < -0.39 is 0 Å². The summed E-state index contributed by atoms with van der Waals surface area (Å²) in [5, 5.41) is 0.710. The van der Waals surface area contributed by atoms with Gasteiger partial charge in [0, 0.05) is 4.88 Å². The number of carbonyl (C=O) groups is 1. The highest BCUT2D eigenvalue weighted by Crippen LogP contribution is 2.33. The highest BCUT2D eigenvalue weighted by molar-refractivity contribution is 7.18. The Labute approximate surface area is 166 Å². The molecular formula is C21H22N2O4S. The van der Waals surface area contributed by atoms with Crippen molar-refractivity contribution < 1.29 is 14.3 Å². The number of rotatable bonds is 6. The Balaban J connectivity index is 1.34.